The SMILES string of the molecule is CCCCCCCCCCCCOS(=O)(=O)O.CCCCCCCCCCCCOS(=O)(=O)[O-].[Na+]. The molecule has 0 saturated heterocycles. The monoisotopic (exact) mass is 554 g/mol. The number of rotatable bonds is 24. The summed E-state index contributed by atoms with van der Waals surface area (Å²) in [6.45, 7) is 4.55. The fourth-order valence-electron chi connectivity index (χ4n) is 3.50. The predicted molar refractivity (Wildman–Crippen MR) is 137 cm³/mol. The molecule has 0 aliphatic carbocycles. The van der Waals surface area contributed by atoms with Crippen molar-refractivity contribution in [3.8, 4) is 0 Å². The van der Waals surface area contributed by atoms with Crippen LogP contribution in [0.3, 0.4) is 0 Å². The molecule has 208 valence electrons. The van der Waals surface area contributed by atoms with Crippen LogP contribution in [0.5, 0.6) is 0 Å². The first-order valence-electron chi connectivity index (χ1n) is 13.3. The van der Waals surface area contributed by atoms with E-state index in [-0.39, 0.29) is 42.8 Å². The van der Waals surface area contributed by atoms with Gasteiger partial charge < -0.3 is 4.55 Å². The average Bonchev–Trinajstić information content (AvgIpc) is 2.75. The zero-order valence-electron chi connectivity index (χ0n) is 22.7. The molecule has 1 N–H and O–H groups in total. The van der Waals surface area contributed by atoms with Crippen LogP contribution >= 0.6 is 0 Å². The summed E-state index contributed by atoms with van der Waals surface area (Å²) in [4.78, 5) is 0. The van der Waals surface area contributed by atoms with Crippen molar-refractivity contribution in [3.05, 3.63) is 0 Å². The van der Waals surface area contributed by atoms with Crippen LogP contribution in [0.4, 0.5) is 0 Å². The van der Waals surface area contributed by atoms with E-state index >= 15 is 0 Å². The third kappa shape index (κ3) is 45.1. The quantitative estimate of drug-likeness (QED) is 0.0816. The molecule has 0 bridgehead atoms. The van der Waals surface area contributed by atoms with Crippen molar-refractivity contribution in [2.75, 3.05) is 13.2 Å². The first-order chi connectivity index (χ1) is 16.1. The summed E-state index contributed by atoms with van der Waals surface area (Å²) >= 11 is 0. The Bertz CT molecular complexity index is 559. The summed E-state index contributed by atoms with van der Waals surface area (Å²) in [6, 6.07) is 0. The van der Waals surface area contributed by atoms with E-state index in [0.29, 0.717) is 12.8 Å². The van der Waals surface area contributed by atoms with Gasteiger partial charge in [-0.05, 0) is 12.8 Å². The number of hydrogen-bond acceptors (Lipinski definition) is 7. The summed E-state index contributed by atoms with van der Waals surface area (Å²) in [5.74, 6) is 0. The van der Waals surface area contributed by atoms with Gasteiger partial charge in [-0.1, -0.05) is 129 Å². The Morgan fingerprint density at radius 2 is 0.771 bits per heavy atom. The van der Waals surface area contributed by atoms with Gasteiger partial charge in [0.25, 0.3) is 0 Å². The third-order valence-electron chi connectivity index (χ3n) is 5.46. The Morgan fingerprint density at radius 1 is 0.514 bits per heavy atom. The molecule has 11 heteroatoms. The summed E-state index contributed by atoms with van der Waals surface area (Å²) in [7, 11) is -8.72. The Hall–Kier alpha value is 0.740. The minimum atomic E-state index is -4.48. The third-order valence-corrected chi connectivity index (χ3v) is 6.38. The van der Waals surface area contributed by atoms with E-state index in [2.05, 4.69) is 22.2 Å². The van der Waals surface area contributed by atoms with Crippen molar-refractivity contribution in [2.24, 2.45) is 0 Å². The number of hydrogen-bond donors (Lipinski definition) is 1. The molecule has 0 heterocycles. The van der Waals surface area contributed by atoms with Crippen molar-refractivity contribution >= 4 is 20.8 Å². The molecule has 0 fully saturated rings. The largest absolute Gasteiger partial charge is 1.00 e. The molecule has 0 atom stereocenters. The first-order valence-corrected chi connectivity index (χ1v) is 16.0. The van der Waals surface area contributed by atoms with Crippen molar-refractivity contribution in [1.29, 1.82) is 0 Å². The maximum atomic E-state index is 10.2. The van der Waals surface area contributed by atoms with Crippen LogP contribution in [0, 0.1) is 0 Å². The predicted octanol–water partition coefficient (Wildman–Crippen LogP) is 4.11. The Labute approximate surface area is 238 Å². The molecule has 0 unspecified atom stereocenters. The molecule has 0 aromatic carbocycles. The Kier molecular flexibility index (Phi) is 33.7. The van der Waals surface area contributed by atoms with Crippen LogP contribution in [0.2, 0.25) is 0 Å². The molecule has 0 aliphatic heterocycles. The maximum absolute atomic E-state index is 10.2. The Morgan fingerprint density at radius 3 is 1.03 bits per heavy atom. The van der Waals surface area contributed by atoms with E-state index < -0.39 is 20.8 Å². The molecular weight excluding hydrogens is 503 g/mol. The van der Waals surface area contributed by atoms with Gasteiger partial charge in [-0.15, -0.1) is 0 Å². The molecule has 8 nitrogen and oxygen atoms in total. The zero-order valence-corrected chi connectivity index (χ0v) is 26.3. The summed E-state index contributed by atoms with van der Waals surface area (Å²) in [6.07, 6.45) is 23.6. The van der Waals surface area contributed by atoms with Gasteiger partial charge in [0.05, 0.1) is 13.2 Å². The minimum Gasteiger partial charge on any atom is -0.726 e. The standard InChI is InChI=1S/2C12H26O4S.Na/c2*1-2-3-4-5-6-7-8-9-10-11-12-16-17(13,14)15;/h2*2-12H2,1H3,(H,13,14,15);/q;;+1/p-1. The fraction of sp³-hybridized carbons (Fsp3) is 1.00. The van der Waals surface area contributed by atoms with Crippen LogP contribution in [0.25, 0.3) is 0 Å². The van der Waals surface area contributed by atoms with Gasteiger partial charge in [-0.3, -0.25) is 8.74 Å². The molecule has 35 heavy (non-hydrogen) atoms. The van der Waals surface area contributed by atoms with Gasteiger partial charge in [0, 0.05) is 0 Å². The summed E-state index contributed by atoms with van der Waals surface area (Å²) in [5, 5.41) is 0. The van der Waals surface area contributed by atoms with E-state index in [9.17, 15) is 21.4 Å². The molecule has 0 saturated carbocycles. The molecule has 0 rings (SSSR count). The van der Waals surface area contributed by atoms with Crippen LogP contribution in [-0.4, -0.2) is 39.2 Å². The molecular formula is C24H51NaO8S2. The summed E-state index contributed by atoms with van der Waals surface area (Å²) in [5.41, 5.74) is 0. The van der Waals surface area contributed by atoms with Crippen molar-refractivity contribution in [3.63, 3.8) is 0 Å². The van der Waals surface area contributed by atoms with E-state index in [4.69, 9.17) is 4.55 Å². The van der Waals surface area contributed by atoms with Gasteiger partial charge in [0.1, 0.15) is 0 Å². The Balaban J connectivity index is -0.000000569. The summed E-state index contributed by atoms with van der Waals surface area (Å²) < 4.78 is 67.4. The molecule has 0 aliphatic rings. The van der Waals surface area contributed by atoms with Crippen LogP contribution in [0.15, 0.2) is 0 Å². The maximum Gasteiger partial charge on any atom is 1.00 e. The molecule has 0 amide bonds. The second-order valence-corrected chi connectivity index (χ2v) is 11.0. The van der Waals surface area contributed by atoms with Crippen molar-refractivity contribution < 1.29 is 63.9 Å². The first kappa shape index (κ1) is 40.2. The zero-order chi connectivity index (χ0) is 26.0. The second-order valence-electron chi connectivity index (χ2n) is 8.84. The molecule has 0 radical (unpaired) electrons. The van der Waals surface area contributed by atoms with Gasteiger partial charge in [-0.2, -0.15) is 8.42 Å². The average molecular weight is 555 g/mol. The fourth-order valence-corrected chi connectivity index (χ4v) is 4.15. The van der Waals surface area contributed by atoms with Crippen molar-refractivity contribution in [2.45, 2.75) is 142 Å². The normalized spacial score (nSPS) is 11.5. The van der Waals surface area contributed by atoms with E-state index in [1.54, 1.807) is 0 Å². The van der Waals surface area contributed by atoms with Crippen LogP contribution in [0.1, 0.15) is 142 Å². The smallest absolute Gasteiger partial charge is 0.726 e. The van der Waals surface area contributed by atoms with E-state index in [1.807, 2.05) is 0 Å². The van der Waals surface area contributed by atoms with Gasteiger partial charge >= 0.3 is 40.0 Å². The van der Waals surface area contributed by atoms with E-state index in [1.165, 1.54) is 89.9 Å². The number of unbranched alkanes of at least 4 members (excludes halogenated alkanes) is 18. The van der Waals surface area contributed by atoms with Crippen molar-refractivity contribution in [1.82, 2.24) is 0 Å². The molecule has 0 spiro atoms. The van der Waals surface area contributed by atoms with Crippen LogP contribution in [-0.2, 0) is 29.2 Å². The van der Waals surface area contributed by atoms with Crippen LogP contribution < -0.4 is 29.6 Å². The second kappa shape index (κ2) is 29.3. The topological polar surface area (TPSA) is 130 Å². The van der Waals surface area contributed by atoms with Gasteiger partial charge in [0.15, 0.2) is 0 Å². The molecule has 0 aromatic heterocycles. The van der Waals surface area contributed by atoms with Gasteiger partial charge in [-0.25, -0.2) is 12.6 Å². The van der Waals surface area contributed by atoms with Gasteiger partial charge in [0.2, 0.25) is 10.4 Å². The van der Waals surface area contributed by atoms with E-state index in [0.717, 1.165) is 25.7 Å². The molecule has 0 aromatic rings. The minimum absolute atomic E-state index is 0.